The second-order valence-electron chi connectivity index (χ2n) is 4.40. The number of thiazole rings is 1. The van der Waals surface area contributed by atoms with Crippen LogP contribution in [0.5, 0.6) is 0 Å². The Morgan fingerprint density at radius 3 is 2.40 bits per heavy atom. The van der Waals surface area contributed by atoms with Gasteiger partial charge in [-0.1, -0.05) is 54.1 Å². The lowest BCUT2D eigenvalue weighted by Gasteiger charge is -2.07. The first-order chi connectivity index (χ1) is 9.74. The van der Waals surface area contributed by atoms with Crippen molar-refractivity contribution in [1.82, 2.24) is 4.98 Å². The highest BCUT2D eigenvalue weighted by Crippen LogP contribution is 2.29. The van der Waals surface area contributed by atoms with E-state index < -0.39 is 6.10 Å². The molecule has 3 rings (SSSR count). The second-order valence-corrected chi connectivity index (χ2v) is 5.69. The third kappa shape index (κ3) is 2.75. The van der Waals surface area contributed by atoms with Crippen LogP contribution in [0.2, 0.25) is 5.02 Å². The predicted molar refractivity (Wildman–Crippen MR) is 83.1 cm³/mol. The van der Waals surface area contributed by atoms with E-state index in [1.54, 1.807) is 0 Å². The number of nitrogens with zero attached hydrogens (tertiary/aromatic N) is 1. The molecule has 3 aromatic rings. The van der Waals surface area contributed by atoms with Gasteiger partial charge in [0.1, 0.15) is 11.1 Å². The van der Waals surface area contributed by atoms with E-state index in [2.05, 4.69) is 4.98 Å². The Balaban J connectivity index is 1.89. The zero-order chi connectivity index (χ0) is 13.9. The van der Waals surface area contributed by atoms with Gasteiger partial charge in [-0.05, 0) is 17.7 Å². The molecule has 0 spiro atoms. The Morgan fingerprint density at radius 2 is 1.70 bits per heavy atom. The summed E-state index contributed by atoms with van der Waals surface area (Å²) >= 11 is 7.40. The van der Waals surface area contributed by atoms with Crippen molar-refractivity contribution in [2.24, 2.45) is 0 Å². The van der Waals surface area contributed by atoms with Gasteiger partial charge in [0.2, 0.25) is 0 Å². The normalized spacial score (nSPS) is 12.3. The number of hydrogen-bond donors (Lipinski definition) is 1. The van der Waals surface area contributed by atoms with Crippen molar-refractivity contribution in [2.75, 3.05) is 0 Å². The highest BCUT2D eigenvalue weighted by atomic mass is 35.5. The topological polar surface area (TPSA) is 33.1 Å². The molecule has 0 bridgehead atoms. The fourth-order valence-corrected chi connectivity index (χ4v) is 2.91. The first kappa shape index (κ1) is 13.3. The standard InChI is InChI=1S/C16H12ClNOS/c17-13-8-6-12(7-9-13)16-18-14(10-20-16)15(19)11-4-2-1-3-5-11/h1-10,15,19H. The Labute approximate surface area is 126 Å². The Kier molecular flexibility index (Phi) is 3.83. The van der Waals surface area contributed by atoms with Gasteiger partial charge in [-0.3, -0.25) is 0 Å². The molecule has 0 aliphatic heterocycles. The highest BCUT2D eigenvalue weighted by Gasteiger charge is 2.14. The number of rotatable bonds is 3. The molecule has 2 nitrogen and oxygen atoms in total. The van der Waals surface area contributed by atoms with Gasteiger partial charge < -0.3 is 5.11 Å². The zero-order valence-electron chi connectivity index (χ0n) is 10.5. The summed E-state index contributed by atoms with van der Waals surface area (Å²) in [4.78, 5) is 4.51. The Bertz CT molecular complexity index is 694. The molecule has 0 saturated carbocycles. The van der Waals surface area contributed by atoms with Gasteiger partial charge >= 0.3 is 0 Å². The number of aliphatic hydroxyl groups excluding tert-OH is 1. The molecule has 1 N–H and O–H groups in total. The minimum Gasteiger partial charge on any atom is -0.382 e. The summed E-state index contributed by atoms with van der Waals surface area (Å²) < 4.78 is 0. The van der Waals surface area contributed by atoms with Gasteiger partial charge in [-0.25, -0.2) is 4.98 Å². The van der Waals surface area contributed by atoms with E-state index in [9.17, 15) is 5.11 Å². The summed E-state index contributed by atoms with van der Waals surface area (Å²) in [6.07, 6.45) is -0.687. The average molecular weight is 302 g/mol. The lowest BCUT2D eigenvalue weighted by molar-refractivity contribution is 0.216. The third-order valence-electron chi connectivity index (χ3n) is 3.01. The molecule has 0 amide bonds. The Hall–Kier alpha value is -1.68. The first-order valence-electron chi connectivity index (χ1n) is 6.18. The van der Waals surface area contributed by atoms with E-state index in [1.807, 2.05) is 60.0 Å². The van der Waals surface area contributed by atoms with Crippen LogP contribution in [0.15, 0.2) is 60.0 Å². The molecule has 0 radical (unpaired) electrons. The lowest BCUT2D eigenvalue weighted by Crippen LogP contribution is -1.99. The van der Waals surface area contributed by atoms with Gasteiger partial charge in [-0.2, -0.15) is 0 Å². The number of hydrogen-bond acceptors (Lipinski definition) is 3. The highest BCUT2D eigenvalue weighted by molar-refractivity contribution is 7.13. The van der Waals surface area contributed by atoms with E-state index in [-0.39, 0.29) is 0 Å². The quantitative estimate of drug-likeness (QED) is 0.770. The molecule has 0 aliphatic carbocycles. The van der Waals surface area contributed by atoms with E-state index in [4.69, 9.17) is 11.6 Å². The molecule has 0 saturated heterocycles. The van der Waals surface area contributed by atoms with Crippen molar-refractivity contribution in [2.45, 2.75) is 6.10 Å². The van der Waals surface area contributed by atoms with Crippen molar-refractivity contribution in [3.63, 3.8) is 0 Å². The summed E-state index contributed by atoms with van der Waals surface area (Å²) in [5.74, 6) is 0. The van der Waals surface area contributed by atoms with Crippen LogP contribution in [0, 0.1) is 0 Å². The Morgan fingerprint density at radius 1 is 1.00 bits per heavy atom. The van der Waals surface area contributed by atoms with Gasteiger partial charge in [0.05, 0.1) is 5.69 Å². The van der Waals surface area contributed by atoms with Crippen molar-refractivity contribution in [1.29, 1.82) is 0 Å². The molecule has 0 fully saturated rings. The van der Waals surface area contributed by atoms with Crippen LogP contribution in [0.4, 0.5) is 0 Å². The first-order valence-corrected chi connectivity index (χ1v) is 7.44. The molecule has 1 heterocycles. The summed E-state index contributed by atoms with van der Waals surface area (Å²) in [5.41, 5.74) is 2.53. The number of aliphatic hydroxyl groups is 1. The monoisotopic (exact) mass is 301 g/mol. The largest absolute Gasteiger partial charge is 0.382 e. The van der Waals surface area contributed by atoms with Crippen LogP contribution >= 0.6 is 22.9 Å². The molecule has 1 atom stereocenters. The van der Waals surface area contributed by atoms with E-state index in [1.165, 1.54) is 11.3 Å². The number of halogens is 1. The molecule has 1 aromatic heterocycles. The minimum atomic E-state index is -0.687. The lowest BCUT2D eigenvalue weighted by atomic mass is 10.1. The van der Waals surface area contributed by atoms with Gasteiger partial charge in [-0.15, -0.1) is 11.3 Å². The number of aromatic nitrogens is 1. The molecular formula is C16H12ClNOS. The van der Waals surface area contributed by atoms with Crippen molar-refractivity contribution >= 4 is 22.9 Å². The van der Waals surface area contributed by atoms with Gasteiger partial charge in [0.25, 0.3) is 0 Å². The fourth-order valence-electron chi connectivity index (χ4n) is 1.94. The second kappa shape index (κ2) is 5.75. The molecular weight excluding hydrogens is 290 g/mol. The molecule has 1 unspecified atom stereocenters. The third-order valence-corrected chi connectivity index (χ3v) is 4.17. The van der Waals surface area contributed by atoms with Crippen LogP contribution in [0.25, 0.3) is 10.6 Å². The maximum atomic E-state index is 10.3. The molecule has 2 aromatic carbocycles. The van der Waals surface area contributed by atoms with Gasteiger partial charge in [0.15, 0.2) is 0 Å². The molecule has 100 valence electrons. The average Bonchev–Trinajstić information content (AvgIpc) is 2.98. The summed E-state index contributed by atoms with van der Waals surface area (Å²) in [6.45, 7) is 0. The van der Waals surface area contributed by atoms with E-state index in [0.29, 0.717) is 10.7 Å². The summed E-state index contributed by atoms with van der Waals surface area (Å²) in [5, 5.41) is 13.8. The zero-order valence-corrected chi connectivity index (χ0v) is 12.1. The SMILES string of the molecule is OC(c1ccccc1)c1csc(-c2ccc(Cl)cc2)n1. The van der Waals surface area contributed by atoms with Gasteiger partial charge in [0, 0.05) is 16.0 Å². The van der Waals surface area contributed by atoms with Crippen molar-refractivity contribution < 1.29 is 5.11 Å². The van der Waals surface area contributed by atoms with Crippen LogP contribution in [-0.4, -0.2) is 10.1 Å². The predicted octanol–water partition coefficient (Wildman–Crippen LogP) is 4.55. The van der Waals surface area contributed by atoms with Crippen LogP contribution in [0.1, 0.15) is 17.4 Å². The maximum Gasteiger partial charge on any atom is 0.123 e. The van der Waals surface area contributed by atoms with Crippen LogP contribution in [-0.2, 0) is 0 Å². The number of benzene rings is 2. The molecule has 4 heteroatoms. The van der Waals surface area contributed by atoms with Crippen LogP contribution < -0.4 is 0 Å². The smallest absolute Gasteiger partial charge is 0.123 e. The minimum absolute atomic E-state index is 0.672. The maximum absolute atomic E-state index is 10.3. The fraction of sp³-hybridized carbons (Fsp3) is 0.0625. The van der Waals surface area contributed by atoms with Crippen LogP contribution in [0.3, 0.4) is 0 Å². The summed E-state index contributed by atoms with van der Waals surface area (Å²) in [7, 11) is 0. The summed E-state index contributed by atoms with van der Waals surface area (Å²) in [6, 6.07) is 17.1. The molecule has 20 heavy (non-hydrogen) atoms. The molecule has 0 aliphatic rings. The van der Waals surface area contributed by atoms with E-state index >= 15 is 0 Å². The van der Waals surface area contributed by atoms with Crippen molar-refractivity contribution in [3.05, 3.63) is 76.3 Å². The van der Waals surface area contributed by atoms with Crippen molar-refractivity contribution in [3.8, 4) is 10.6 Å². The van der Waals surface area contributed by atoms with E-state index in [0.717, 1.165) is 16.1 Å².